The zero-order valence-electron chi connectivity index (χ0n) is 12.6. The van der Waals surface area contributed by atoms with Gasteiger partial charge in [0.05, 0.1) is 12.1 Å². The van der Waals surface area contributed by atoms with Crippen LogP contribution in [0.5, 0.6) is 0 Å². The number of fused-ring (bicyclic) bond motifs is 3. The summed E-state index contributed by atoms with van der Waals surface area (Å²) >= 11 is 0. The highest BCUT2D eigenvalue weighted by Crippen LogP contribution is 2.17. The molecular formula is C17H15N5O. The van der Waals surface area contributed by atoms with E-state index in [9.17, 15) is 4.79 Å². The first kappa shape index (κ1) is 13.5. The molecule has 0 aliphatic rings. The molecule has 2 heterocycles. The predicted molar refractivity (Wildman–Crippen MR) is 89.4 cm³/mol. The molecule has 0 fully saturated rings. The Kier molecular flexibility index (Phi) is 2.90. The summed E-state index contributed by atoms with van der Waals surface area (Å²) in [6.45, 7) is 2.42. The van der Waals surface area contributed by atoms with Gasteiger partial charge in [0, 0.05) is 5.39 Å². The van der Waals surface area contributed by atoms with E-state index >= 15 is 0 Å². The predicted octanol–water partition coefficient (Wildman–Crippen LogP) is 1.98. The number of nitrogens with zero attached hydrogens (tertiary/aromatic N) is 4. The molecule has 0 aliphatic carbocycles. The van der Waals surface area contributed by atoms with Crippen LogP contribution in [0, 0.1) is 6.92 Å². The van der Waals surface area contributed by atoms with E-state index in [1.165, 1.54) is 9.08 Å². The topological polar surface area (TPSA) is 78.2 Å². The van der Waals surface area contributed by atoms with Gasteiger partial charge in [0.2, 0.25) is 5.95 Å². The van der Waals surface area contributed by atoms with E-state index in [4.69, 9.17) is 5.73 Å². The summed E-state index contributed by atoms with van der Waals surface area (Å²) in [5, 5.41) is 5.28. The average molecular weight is 305 g/mol. The Labute approximate surface area is 131 Å². The van der Waals surface area contributed by atoms with Crippen molar-refractivity contribution in [1.29, 1.82) is 0 Å². The van der Waals surface area contributed by atoms with Crippen LogP contribution in [-0.2, 0) is 6.54 Å². The Morgan fingerprint density at radius 1 is 1.13 bits per heavy atom. The summed E-state index contributed by atoms with van der Waals surface area (Å²) in [5.74, 6) is 0.152. The molecule has 0 spiro atoms. The molecule has 6 nitrogen and oxygen atoms in total. The van der Waals surface area contributed by atoms with Gasteiger partial charge >= 0.3 is 5.69 Å². The molecule has 0 unspecified atom stereocenters. The Morgan fingerprint density at radius 3 is 2.78 bits per heavy atom. The van der Waals surface area contributed by atoms with Gasteiger partial charge in [-0.3, -0.25) is 0 Å². The van der Waals surface area contributed by atoms with Crippen LogP contribution >= 0.6 is 0 Å². The Balaban J connectivity index is 1.95. The van der Waals surface area contributed by atoms with Gasteiger partial charge in [-0.2, -0.15) is 0 Å². The van der Waals surface area contributed by atoms with Gasteiger partial charge < -0.3 is 5.73 Å². The summed E-state index contributed by atoms with van der Waals surface area (Å²) in [4.78, 5) is 16.9. The molecule has 4 rings (SSSR count). The van der Waals surface area contributed by atoms with Gasteiger partial charge in [-0.1, -0.05) is 42.0 Å². The standard InChI is InChI=1S/C17H15N5O/c1-11-5-4-6-12(9-11)10-21-17(23)22-15(20-21)13-7-2-3-8-14(13)19-16(22)18/h2-9H,10H2,1H3,(H2,18,19). The van der Waals surface area contributed by atoms with Crippen LogP contribution in [0.25, 0.3) is 16.6 Å². The van der Waals surface area contributed by atoms with Crippen molar-refractivity contribution in [3.8, 4) is 0 Å². The highest BCUT2D eigenvalue weighted by Gasteiger charge is 2.14. The van der Waals surface area contributed by atoms with Crippen LogP contribution < -0.4 is 11.4 Å². The van der Waals surface area contributed by atoms with Gasteiger partial charge in [-0.05, 0) is 24.6 Å². The maximum absolute atomic E-state index is 12.6. The van der Waals surface area contributed by atoms with E-state index in [0.717, 1.165) is 22.0 Å². The van der Waals surface area contributed by atoms with Crippen LogP contribution in [0.4, 0.5) is 5.95 Å². The van der Waals surface area contributed by atoms with E-state index < -0.39 is 0 Å². The minimum atomic E-state index is -0.280. The summed E-state index contributed by atoms with van der Waals surface area (Å²) in [7, 11) is 0. The number of benzene rings is 2. The van der Waals surface area contributed by atoms with E-state index in [-0.39, 0.29) is 11.6 Å². The molecule has 0 radical (unpaired) electrons. The van der Waals surface area contributed by atoms with Gasteiger partial charge in [-0.15, -0.1) is 5.10 Å². The molecule has 2 aromatic heterocycles. The number of hydrogen-bond acceptors (Lipinski definition) is 4. The quantitative estimate of drug-likeness (QED) is 0.614. The third kappa shape index (κ3) is 2.15. The van der Waals surface area contributed by atoms with Crippen molar-refractivity contribution < 1.29 is 0 Å². The molecule has 0 saturated heterocycles. The van der Waals surface area contributed by atoms with Crippen molar-refractivity contribution in [1.82, 2.24) is 19.2 Å². The van der Waals surface area contributed by atoms with Crippen LogP contribution in [0.2, 0.25) is 0 Å². The largest absolute Gasteiger partial charge is 0.369 e. The minimum Gasteiger partial charge on any atom is -0.369 e. The minimum absolute atomic E-state index is 0.152. The second kappa shape index (κ2) is 4.95. The molecule has 0 amide bonds. The first-order chi connectivity index (χ1) is 11.1. The van der Waals surface area contributed by atoms with Crippen molar-refractivity contribution in [3.05, 3.63) is 70.1 Å². The molecule has 0 atom stereocenters. The maximum Gasteiger partial charge on any atom is 0.353 e. The molecule has 4 aromatic rings. The SMILES string of the molecule is Cc1cccc(Cn2nc3c4ccccc4nc(N)n3c2=O)c1. The molecule has 2 aromatic carbocycles. The van der Waals surface area contributed by atoms with Crippen molar-refractivity contribution in [2.45, 2.75) is 13.5 Å². The molecule has 6 heteroatoms. The van der Waals surface area contributed by atoms with Gasteiger partial charge in [0.15, 0.2) is 5.65 Å². The average Bonchev–Trinajstić information content (AvgIpc) is 2.85. The molecule has 23 heavy (non-hydrogen) atoms. The molecular weight excluding hydrogens is 290 g/mol. The second-order valence-electron chi connectivity index (χ2n) is 5.58. The number of aromatic nitrogens is 4. The fraction of sp³-hybridized carbons (Fsp3) is 0.118. The highest BCUT2D eigenvalue weighted by atomic mass is 16.2. The molecule has 0 bridgehead atoms. The summed E-state index contributed by atoms with van der Waals surface area (Å²) in [6, 6.07) is 15.5. The lowest BCUT2D eigenvalue weighted by molar-refractivity contribution is 0.658. The summed E-state index contributed by atoms with van der Waals surface area (Å²) in [5.41, 5.74) is 9.10. The fourth-order valence-electron chi connectivity index (χ4n) is 2.81. The van der Waals surface area contributed by atoms with E-state index in [1.807, 2.05) is 55.5 Å². The van der Waals surface area contributed by atoms with Crippen LogP contribution in [0.1, 0.15) is 11.1 Å². The highest BCUT2D eigenvalue weighted by molar-refractivity contribution is 5.91. The normalized spacial score (nSPS) is 11.3. The van der Waals surface area contributed by atoms with E-state index in [1.54, 1.807) is 0 Å². The number of anilines is 1. The Hall–Kier alpha value is -3.15. The first-order valence-corrected chi connectivity index (χ1v) is 7.33. The second-order valence-corrected chi connectivity index (χ2v) is 5.58. The van der Waals surface area contributed by atoms with E-state index in [2.05, 4.69) is 10.1 Å². The lowest BCUT2D eigenvalue weighted by atomic mass is 10.1. The van der Waals surface area contributed by atoms with E-state index in [0.29, 0.717) is 12.2 Å². The number of nitrogens with two attached hydrogens (primary N) is 1. The fourth-order valence-corrected chi connectivity index (χ4v) is 2.81. The number of rotatable bonds is 2. The van der Waals surface area contributed by atoms with Gasteiger partial charge in [-0.25, -0.2) is 18.9 Å². The molecule has 0 saturated carbocycles. The number of hydrogen-bond donors (Lipinski definition) is 1. The number of aryl methyl sites for hydroxylation is 1. The monoisotopic (exact) mass is 305 g/mol. The lowest BCUT2D eigenvalue weighted by Crippen LogP contribution is -2.23. The van der Waals surface area contributed by atoms with Crippen molar-refractivity contribution in [2.75, 3.05) is 5.73 Å². The third-order valence-electron chi connectivity index (χ3n) is 3.86. The third-order valence-corrected chi connectivity index (χ3v) is 3.86. The number of para-hydroxylation sites is 1. The molecule has 114 valence electrons. The summed E-state index contributed by atoms with van der Waals surface area (Å²) in [6.07, 6.45) is 0. The van der Waals surface area contributed by atoms with Crippen molar-refractivity contribution in [3.63, 3.8) is 0 Å². The summed E-state index contributed by atoms with van der Waals surface area (Å²) < 4.78 is 2.78. The van der Waals surface area contributed by atoms with Crippen LogP contribution in [0.15, 0.2) is 53.3 Å². The number of nitrogen functional groups attached to an aromatic ring is 1. The smallest absolute Gasteiger partial charge is 0.353 e. The van der Waals surface area contributed by atoms with Crippen molar-refractivity contribution in [2.24, 2.45) is 0 Å². The zero-order valence-corrected chi connectivity index (χ0v) is 12.6. The maximum atomic E-state index is 12.6. The Bertz CT molecular complexity index is 1090. The van der Waals surface area contributed by atoms with Crippen molar-refractivity contribution >= 4 is 22.5 Å². The lowest BCUT2D eigenvalue weighted by Gasteiger charge is -2.01. The first-order valence-electron chi connectivity index (χ1n) is 7.33. The molecule has 2 N–H and O–H groups in total. The van der Waals surface area contributed by atoms with Gasteiger partial charge in [0.1, 0.15) is 0 Å². The zero-order chi connectivity index (χ0) is 16.0. The Morgan fingerprint density at radius 2 is 1.96 bits per heavy atom. The van der Waals surface area contributed by atoms with Crippen LogP contribution in [-0.4, -0.2) is 19.2 Å². The molecule has 0 aliphatic heterocycles. The van der Waals surface area contributed by atoms with Gasteiger partial charge in [0.25, 0.3) is 0 Å². The van der Waals surface area contributed by atoms with Crippen LogP contribution in [0.3, 0.4) is 0 Å².